The molecule has 0 aromatic rings. The SMILES string of the molecule is CCCCCCCCCCCCC/C=C/[C@@H](O)[C@H](CN)NC(C)=O. The van der Waals surface area contributed by atoms with Crippen molar-refractivity contribution < 1.29 is 9.90 Å². The number of unbranched alkanes of at least 4 members (excludes halogenated alkanes) is 11. The fraction of sp³-hybridized carbons (Fsp3) is 0.850. The van der Waals surface area contributed by atoms with Gasteiger partial charge in [-0.2, -0.15) is 0 Å². The Bertz CT molecular complexity index is 319. The molecular formula is C20H40N2O2. The maximum Gasteiger partial charge on any atom is 0.217 e. The summed E-state index contributed by atoms with van der Waals surface area (Å²) >= 11 is 0. The minimum absolute atomic E-state index is 0.164. The average molecular weight is 341 g/mol. The number of nitrogens with one attached hydrogen (secondary N) is 1. The van der Waals surface area contributed by atoms with Crippen LogP contribution in [0.4, 0.5) is 0 Å². The van der Waals surface area contributed by atoms with Crippen molar-refractivity contribution in [1.82, 2.24) is 5.32 Å². The van der Waals surface area contributed by atoms with Crippen molar-refractivity contribution >= 4 is 5.91 Å². The summed E-state index contributed by atoms with van der Waals surface area (Å²) in [6, 6.07) is -0.393. The summed E-state index contributed by atoms with van der Waals surface area (Å²) in [5.74, 6) is -0.164. The van der Waals surface area contributed by atoms with Crippen LogP contribution in [0.15, 0.2) is 12.2 Å². The topological polar surface area (TPSA) is 75.3 Å². The van der Waals surface area contributed by atoms with Gasteiger partial charge in [-0.1, -0.05) is 83.3 Å². The number of aliphatic hydroxyl groups is 1. The third-order valence-electron chi connectivity index (χ3n) is 4.36. The predicted octanol–water partition coefficient (Wildman–Crippen LogP) is 4.07. The van der Waals surface area contributed by atoms with Crippen molar-refractivity contribution in [1.29, 1.82) is 0 Å². The highest BCUT2D eigenvalue weighted by molar-refractivity contribution is 5.73. The highest BCUT2D eigenvalue weighted by atomic mass is 16.3. The van der Waals surface area contributed by atoms with Crippen LogP contribution < -0.4 is 11.1 Å². The van der Waals surface area contributed by atoms with Crippen LogP contribution in [0.1, 0.15) is 90.9 Å². The molecule has 0 fully saturated rings. The number of allylic oxidation sites excluding steroid dienone is 1. The van der Waals surface area contributed by atoms with Crippen LogP contribution in [0.3, 0.4) is 0 Å². The van der Waals surface area contributed by atoms with Gasteiger partial charge in [0.05, 0.1) is 12.1 Å². The lowest BCUT2D eigenvalue weighted by Crippen LogP contribution is -2.46. The third-order valence-corrected chi connectivity index (χ3v) is 4.36. The molecule has 0 saturated carbocycles. The van der Waals surface area contributed by atoms with Crippen LogP contribution in [0.5, 0.6) is 0 Å². The predicted molar refractivity (Wildman–Crippen MR) is 103 cm³/mol. The maximum absolute atomic E-state index is 11.0. The Morgan fingerprint density at radius 3 is 1.96 bits per heavy atom. The summed E-state index contributed by atoms with van der Waals surface area (Å²) in [5.41, 5.74) is 5.56. The van der Waals surface area contributed by atoms with Gasteiger partial charge in [-0.3, -0.25) is 4.79 Å². The lowest BCUT2D eigenvalue weighted by Gasteiger charge is -2.19. The number of carbonyl (C=O) groups excluding carboxylic acids is 1. The first-order valence-corrected chi connectivity index (χ1v) is 9.93. The van der Waals surface area contributed by atoms with Gasteiger partial charge in [0.15, 0.2) is 0 Å². The molecule has 0 unspecified atom stereocenters. The van der Waals surface area contributed by atoms with Gasteiger partial charge in [0.25, 0.3) is 0 Å². The summed E-state index contributed by atoms with van der Waals surface area (Å²) in [5, 5.41) is 12.6. The molecule has 0 spiro atoms. The minimum atomic E-state index is -0.702. The summed E-state index contributed by atoms with van der Waals surface area (Å²) in [6.45, 7) is 3.93. The van der Waals surface area contributed by atoms with Crippen molar-refractivity contribution in [3.63, 3.8) is 0 Å². The highest BCUT2D eigenvalue weighted by Crippen LogP contribution is 2.12. The van der Waals surface area contributed by atoms with Crippen molar-refractivity contribution in [2.45, 2.75) is 103 Å². The van der Waals surface area contributed by atoms with Crippen molar-refractivity contribution in [2.75, 3.05) is 6.54 Å². The lowest BCUT2D eigenvalue weighted by atomic mass is 10.0. The zero-order valence-electron chi connectivity index (χ0n) is 15.9. The van der Waals surface area contributed by atoms with E-state index >= 15 is 0 Å². The van der Waals surface area contributed by atoms with Crippen LogP contribution in [0.2, 0.25) is 0 Å². The molecule has 0 radical (unpaired) electrons. The Kier molecular flexibility index (Phi) is 16.4. The molecule has 0 rings (SSSR count). The van der Waals surface area contributed by atoms with E-state index in [1.807, 2.05) is 6.08 Å². The molecule has 0 aromatic heterocycles. The first kappa shape index (κ1) is 23.1. The van der Waals surface area contributed by atoms with Gasteiger partial charge in [0, 0.05) is 13.5 Å². The van der Waals surface area contributed by atoms with Gasteiger partial charge in [-0.15, -0.1) is 0 Å². The summed E-state index contributed by atoms with van der Waals surface area (Å²) in [4.78, 5) is 11.0. The standard InChI is InChI=1S/C20H40N2O2/c1-3-4-5-6-7-8-9-10-11-12-13-14-15-16-20(24)19(17-21)22-18(2)23/h15-16,19-20,24H,3-14,17,21H2,1-2H3,(H,22,23)/b16-15+/t19-,20+/m0/s1. The zero-order chi connectivity index (χ0) is 18.0. The van der Waals surface area contributed by atoms with Gasteiger partial charge >= 0.3 is 0 Å². The van der Waals surface area contributed by atoms with Crippen molar-refractivity contribution in [2.24, 2.45) is 5.73 Å². The van der Waals surface area contributed by atoms with Crippen LogP contribution in [0.25, 0.3) is 0 Å². The minimum Gasteiger partial charge on any atom is -0.387 e. The van der Waals surface area contributed by atoms with E-state index in [9.17, 15) is 9.90 Å². The van der Waals surface area contributed by atoms with Gasteiger partial charge < -0.3 is 16.2 Å². The van der Waals surface area contributed by atoms with E-state index in [-0.39, 0.29) is 12.5 Å². The summed E-state index contributed by atoms with van der Waals surface area (Å²) in [7, 11) is 0. The van der Waals surface area contributed by atoms with Crippen molar-refractivity contribution in [3.05, 3.63) is 12.2 Å². The summed E-state index contributed by atoms with van der Waals surface area (Å²) < 4.78 is 0. The molecule has 4 nitrogen and oxygen atoms in total. The van der Waals surface area contributed by atoms with Crippen LogP contribution in [-0.2, 0) is 4.79 Å². The Morgan fingerprint density at radius 2 is 1.50 bits per heavy atom. The van der Waals surface area contributed by atoms with E-state index in [0.29, 0.717) is 0 Å². The zero-order valence-corrected chi connectivity index (χ0v) is 15.9. The van der Waals surface area contributed by atoms with Gasteiger partial charge in [0.2, 0.25) is 5.91 Å². The summed E-state index contributed by atoms with van der Waals surface area (Å²) in [6.07, 6.45) is 18.8. The number of hydrogen-bond donors (Lipinski definition) is 3. The Hall–Kier alpha value is -0.870. The molecule has 142 valence electrons. The Balaban J connectivity index is 3.47. The number of nitrogens with two attached hydrogens (primary N) is 1. The van der Waals surface area contributed by atoms with Crippen LogP contribution in [-0.4, -0.2) is 29.7 Å². The average Bonchev–Trinajstić information content (AvgIpc) is 2.56. The van der Waals surface area contributed by atoms with E-state index in [2.05, 4.69) is 12.2 Å². The van der Waals surface area contributed by atoms with Gasteiger partial charge in [0.1, 0.15) is 0 Å². The van der Waals surface area contributed by atoms with E-state index in [4.69, 9.17) is 5.73 Å². The molecule has 1 amide bonds. The second-order valence-corrected chi connectivity index (χ2v) is 6.79. The second kappa shape index (κ2) is 17.0. The van der Waals surface area contributed by atoms with E-state index < -0.39 is 12.1 Å². The number of rotatable bonds is 16. The third kappa shape index (κ3) is 14.7. The van der Waals surface area contributed by atoms with E-state index in [0.717, 1.165) is 12.8 Å². The maximum atomic E-state index is 11.0. The second-order valence-electron chi connectivity index (χ2n) is 6.79. The van der Waals surface area contributed by atoms with E-state index in [1.165, 1.54) is 71.1 Å². The monoisotopic (exact) mass is 340 g/mol. The normalized spacial score (nSPS) is 14.0. The first-order chi connectivity index (χ1) is 11.6. The largest absolute Gasteiger partial charge is 0.387 e. The first-order valence-electron chi connectivity index (χ1n) is 9.93. The fourth-order valence-electron chi connectivity index (χ4n) is 2.84. The van der Waals surface area contributed by atoms with Crippen LogP contribution >= 0.6 is 0 Å². The molecule has 2 atom stereocenters. The molecule has 0 aliphatic rings. The van der Waals surface area contributed by atoms with Crippen molar-refractivity contribution in [3.8, 4) is 0 Å². The highest BCUT2D eigenvalue weighted by Gasteiger charge is 2.15. The molecule has 4 N–H and O–H groups in total. The molecule has 0 bridgehead atoms. The van der Waals surface area contributed by atoms with E-state index in [1.54, 1.807) is 6.08 Å². The Labute approximate surface area is 149 Å². The molecular weight excluding hydrogens is 300 g/mol. The molecule has 0 heterocycles. The quantitative estimate of drug-likeness (QED) is 0.293. The lowest BCUT2D eigenvalue weighted by molar-refractivity contribution is -0.120. The van der Waals surface area contributed by atoms with Gasteiger partial charge in [-0.25, -0.2) is 0 Å². The molecule has 0 aliphatic heterocycles. The number of amides is 1. The number of aliphatic hydroxyl groups excluding tert-OH is 1. The number of carbonyl (C=O) groups is 1. The van der Waals surface area contributed by atoms with Gasteiger partial charge in [-0.05, 0) is 12.8 Å². The molecule has 0 aliphatic carbocycles. The molecule has 24 heavy (non-hydrogen) atoms. The molecule has 4 heteroatoms. The number of hydrogen-bond acceptors (Lipinski definition) is 3. The fourth-order valence-corrected chi connectivity index (χ4v) is 2.84. The van der Waals surface area contributed by atoms with Crippen LogP contribution in [0, 0.1) is 0 Å². The Morgan fingerprint density at radius 1 is 1.00 bits per heavy atom. The molecule has 0 saturated heterocycles. The molecule has 0 aromatic carbocycles. The smallest absolute Gasteiger partial charge is 0.217 e.